The van der Waals surface area contributed by atoms with Gasteiger partial charge in [-0.1, -0.05) is 18.2 Å². The highest BCUT2D eigenvalue weighted by atomic mass is 16.1. The third kappa shape index (κ3) is 3.58. The van der Waals surface area contributed by atoms with Crippen molar-refractivity contribution in [3.05, 3.63) is 70.0 Å². The maximum atomic E-state index is 12.5. The van der Waals surface area contributed by atoms with Gasteiger partial charge >= 0.3 is 5.56 Å². The van der Waals surface area contributed by atoms with Crippen LogP contribution in [0.25, 0.3) is 5.69 Å². The largest absolute Gasteiger partial charge is 0.382 e. The second kappa shape index (κ2) is 6.96. The summed E-state index contributed by atoms with van der Waals surface area (Å²) in [5.41, 5.74) is 16.4. The van der Waals surface area contributed by atoms with Gasteiger partial charge in [0.2, 0.25) is 11.8 Å². The number of nitrogens with one attached hydrogen (secondary N) is 1. The summed E-state index contributed by atoms with van der Waals surface area (Å²) in [6, 6.07) is 12.6. The van der Waals surface area contributed by atoms with Crippen molar-refractivity contribution >= 4 is 29.0 Å². The number of aromatic amines is 1. The Labute approximate surface area is 152 Å². The Morgan fingerprint density at radius 3 is 2.07 bits per heavy atom. The van der Waals surface area contributed by atoms with Gasteiger partial charge in [0.05, 0.1) is 11.4 Å². The molecule has 3 rings (SSSR count). The summed E-state index contributed by atoms with van der Waals surface area (Å²) in [7, 11) is 0. The van der Waals surface area contributed by atoms with Crippen LogP contribution in [-0.2, 0) is 0 Å². The Morgan fingerprint density at radius 1 is 0.926 bits per heavy atom. The van der Waals surface area contributed by atoms with Crippen molar-refractivity contribution in [2.75, 3.05) is 5.73 Å². The minimum atomic E-state index is -0.762. The highest BCUT2D eigenvalue weighted by molar-refractivity contribution is 5.99. The number of carbonyl (C=O) groups is 2. The first kappa shape index (κ1) is 17.6. The number of H-pyrrole nitrogens is 1. The number of azo groups is 1. The molecule has 1 aromatic heterocycles. The number of para-hydroxylation sites is 1. The van der Waals surface area contributed by atoms with Crippen LogP contribution in [0.4, 0.5) is 17.2 Å². The van der Waals surface area contributed by atoms with Crippen molar-refractivity contribution in [2.24, 2.45) is 21.7 Å². The van der Waals surface area contributed by atoms with E-state index in [9.17, 15) is 14.4 Å². The minimum absolute atomic E-state index is 0.00813. The number of benzene rings is 2. The minimum Gasteiger partial charge on any atom is -0.382 e. The summed E-state index contributed by atoms with van der Waals surface area (Å²) >= 11 is 0. The fourth-order valence-electron chi connectivity index (χ4n) is 2.36. The van der Waals surface area contributed by atoms with Gasteiger partial charge in [-0.3, -0.25) is 19.5 Å². The standard InChI is InChI=1S/C17H15N7O3/c18-14-13(17(27)24(23-14)12-4-2-1-3-5-12)22-21-11-7-9(15(19)25)6-10(8-11)16(20)26/h1-8,23H,18H2,(H2,19,25)(H2,20,26). The molecule has 0 radical (unpaired) electrons. The number of amides is 2. The highest BCUT2D eigenvalue weighted by Gasteiger charge is 2.13. The average molecular weight is 365 g/mol. The Kier molecular flexibility index (Phi) is 4.54. The van der Waals surface area contributed by atoms with Crippen molar-refractivity contribution in [2.45, 2.75) is 0 Å². The van der Waals surface area contributed by atoms with Crippen LogP contribution < -0.4 is 22.8 Å². The van der Waals surface area contributed by atoms with Crippen LogP contribution in [0.15, 0.2) is 63.6 Å². The Bertz CT molecular complexity index is 1080. The van der Waals surface area contributed by atoms with Crippen LogP contribution >= 0.6 is 0 Å². The lowest BCUT2D eigenvalue weighted by molar-refractivity contribution is 0.0999. The van der Waals surface area contributed by atoms with Crippen molar-refractivity contribution in [1.82, 2.24) is 9.78 Å². The number of nitrogens with two attached hydrogens (primary N) is 3. The number of hydrogen-bond donors (Lipinski definition) is 4. The number of nitrogens with zero attached hydrogens (tertiary/aromatic N) is 3. The molecule has 0 spiro atoms. The van der Waals surface area contributed by atoms with E-state index in [1.807, 2.05) is 6.07 Å². The van der Waals surface area contributed by atoms with Crippen molar-refractivity contribution in [1.29, 1.82) is 0 Å². The van der Waals surface area contributed by atoms with E-state index in [-0.39, 0.29) is 28.3 Å². The monoisotopic (exact) mass is 365 g/mol. The third-order valence-electron chi connectivity index (χ3n) is 3.66. The lowest BCUT2D eigenvalue weighted by Gasteiger charge is -2.01. The van der Waals surface area contributed by atoms with Crippen molar-refractivity contribution < 1.29 is 9.59 Å². The number of carbonyl (C=O) groups excluding carboxylic acids is 2. The van der Waals surface area contributed by atoms with E-state index < -0.39 is 17.4 Å². The van der Waals surface area contributed by atoms with Crippen LogP contribution in [-0.4, -0.2) is 21.6 Å². The normalized spacial score (nSPS) is 11.0. The Hall–Kier alpha value is -4.21. The number of primary amides is 2. The lowest BCUT2D eigenvalue weighted by atomic mass is 10.1. The summed E-state index contributed by atoms with van der Waals surface area (Å²) in [6.07, 6.45) is 0. The van der Waals surface area contributed by atoms with Gasteiger partial charge in [0.25, 0.3) is 0 Å². The van der Waals surface area contributed by atoms with Gasteiger partial charge in [-0.25, -0.2) is 4.68 Å². The fraction of sp³-hybridized carbons (Fsp3) is 0. The second-order valence-electron chi connectivity index (χ2n) is 5.55. The molecule has 1 heterocycles. The summed E-state index contributed by atoms with van der Waals surface area (Å²) in [5.74, 6) is -1.52. The quantitative estimate of drug-likeness (QED) is 0.500. The Morgan fingerprint density at radius 2 is 1.52 bits per heavy atom. The highest BCUT2D eigenvalue weighted by Crippen LogP contribution is 2.23. The molecule has 0 atom stereocenters. The molecule has 2 amide bonds. The van der Waals surface area contributed by atoms with Gasteiger partial charge in [0, 0.05) is 11.1 Å². The van der Waals surface area contributed by atoms with Crippen LogP contribution in [0.2, 0.25) is 0 Å². The first-order valence-electron chi connectivity index (χ1n) is 7.69. The van der Waals surface area contributed by atoms with Crippen LogP contribution in [0.5, 0.6) is 0 Å². The molecule has 0 saturated heterocycles. The fourth-order valence-corrected chi connectivity index (χ4v) is 2.36. The van der Waals surface area contributed by atoms with E-state index in [1.54, 1.807) is 24.3 Å². The molecule has 136 valence electrons. The lowest BCUT2D eigenvalue weighted by Crippen LogP contribution is -2.15. The van der Waals surface area contributed by atoms with E-state index in [1.165, 1.54) is 22.9 Å². The first-order valence-corrected chi connectivity index (χ1v) is 7.69. The summed E-state index contributed by atoms with van der Waals surface area (Å²) < 4.78 is 1.22. The molecule has 0 fully saturated rings. The van der Waals surface area contributed by atoms with Crippen LogP contribution in [0, 0.1) is 0 Å². The number of hydrogen-bond acceptors (Lipinski definition) is 6. The maximum Gasteiger partial charge on any atom is 0.301 e. The molecule has 2 aromatic carbocycles. The zero-order chi connectivity index (χ0) is 19.6. The van der Waals surface area contributed by atoms with Crippen molar-refractivity contribution in [3.8, 4) is 5.69 Å². The zero-order valence-corrected chi connectivity index (χ0v) is 13.9. The summed E-state index contributed by atoms with van der Waals surface area (Å²) in [4.78, 5) is 35.3. The topological polar surface area (TPSA) is 175 Å². The SMILES string of the molecule is NC(=O)c1cc(N=Nc2c(N)[nH]n(-c3ccccc3)c2=O)cc(C(N)=O)c1. The Balaban J connectivity index is 2.02. The first-order chi connectivity index (χ1) is 12.9. The zero-order valence-electron chi connectivity index (χ0n) is 13.9. The maximum absolute atomic E-state index is 12.5. The molecular weight excluding hydrogens is 350 g/mol. The van der Waals surface area contributed by atoms with E-state index >= 15 is 0 Å². The van der Waals surface area contributed by atoms with Gasteiger partial charge in [-0.15, -0.1) is 5.11 Å². The molecule has 3 aromatic rings. The predicted molar refractivity (Wildman–Crippen MR) is 98.5 cm³/mol. The van der Waals surface area contributed by atoms with Gasteiger partial charge < -0.3 is 17.2 Å². The van der Waals surface area contributed by atoms with Gasteiger partial charge in [-0.05, 0) is 30.3 Å². The predicted octanol–water partition coefficient (Wildman–Crippen LogP) is 1.36. The van der Waals surface area contributed by atoms with Gasteiger partial charge in [0.1, 0.15) is 5.82 Å². The van der Waals surface area contributed by atoms with Crippen LogP contribution in [0.1, 0.15) is 20.7 Å². The summed E-state index contributed by atoms with van der Waals surface area (Å²) in [5, 5.41) is 10.4. The number of rotatable bonds is 5. The molecule has 0 bridgehead atoms. The number of aromatic nitrogens is 2. The molecule has 10 heteroatoms. The average Bonchev–Trinajstić information content (AvgIpc) is 2.94. The van der Waals surface area contributed by atoms with E-state index in [4.69, 9.17) is 17.2 Å². The van der Waals surface area contributed by atoms with E-state index in [0.717, 1.165) is 0 Å². The van der Waals surface area contributed by atoms with E-state index in [2.05, 4.69) is 15.3 Å². The molecule has 0 saturated carbocycles. The summed E-state index contributed by atoms with van der Waals surface area (Å²) in [6.45, 7) is 0. The molecule has 7 N–H and O–H groups in total. The van der Waals surface area contributed by atoms with Gasteiger partial charge in [-0.2, -0.15) is 5.11 Å². The third-order valence-corrected chi connectivity index (χ3v) is 3.66. The van der Waals surface area contributed by atoms with E-state index in [0.29, 0.717) is 5.69 Å². The molecule has 10 nitrogen and oxygen atoms in total. The van der Waals surface area contributed by atoms with Gasteiger partial charge in [0.15, 0.2) is 5.69 Å². The molecule has 0 aliphatic rings. The molecule has 27 heavy (non-hydrogen) atoms. The molecular formula is C17H15N7O3. The molecule has 0 unspecified atom stereocenters. The number of anilines is 1. The smallest absolute Gasteiger partial charge is 0.301 e. The van der Waals surface area contributed by atoms with Crippen LogP contribution in [0.3, 0.4) is 0 Å². The molecule has 0 aliphatic carbocycles. The molecule has 0 aliphatic heterocycles. The number of nitrogen functional groups attached to an aromatic ring is 1. The second-order valence-corrected chi connectivity index (χ2v) is 5.55. The van der Waals surface area contributed by atoms with Crippen molar-refractivity contribution in [3.63, 3.8) is 0 Å².